The van der Waals surface area contributed by atoms with Crippen molar-refractivity contribution in [2.24, 2.45) is 18.2 Å². The summed E-state index contributed by atoms with van der Waals surface area (Å²) in [6, 6.07) is 12.1. The molecular weight excluding hydrogens is 528 g/mol. The van der Waals surface area contributed by atoms with Crippen LogP contribution in [0.25, 0.3) is 16.7 Å². The molecule has 2 aromatic heterocycles. The number of benzene rings is 1. The van der Waals surface area contributed by atoms with Crippen LogP contribution in [0.5, 0.6) is 0 Å². The second kappa shape index (κ2) is 11.7. The van der Waals surface area contributed by atoms with Gasteiger partial charge in [0.05, 0.1) is 29.5 Å². The highest BCUT2D eigenvalue weighted by Crippen LogP contribution is 2.42. The van der Waals surface area contributed by atoms with Crippen molar-refractivity contribution in [1.82, 2.24) is 24.6 Å². The molecule has 3 atom stereocenters. The van der Waals surface area contributed by atoms with Crippen molar-refractivity contribution in [2.45, 2.75) is 37.6 Å². The highest BCUT2D eigenvalue weighted by Gasteiger charge is 2.46. The molecule has 3 N–H and O–H groups in total. The molecule has 9 heteroatoms. The van der Waals surface area contributed by atoms with Gasteiger partial charge in [-0.3, -0.25) is 24.2 Å². The van der Waals surface area contributed by atoms with E-state index < -0.39 is 11.3 Å². The Hall–Kier alpha value is -4.08. The van der Waals surface area contributed by atoms with Crippen LogP contribution in [0.15, 0.2) is 73.2 Å². The molecule has 1 aromatic carbocycles. The van der Waals surface area contributed by atoms with E-state index in [4.69, 9.17) is 10.7 Å². The van der Waals surface area contributed by atoms with E-state index in [0.29, 0.717) is 43.7 Å². The Balaban J connectivity index is 1.27. The van der Waals surface area contributed by atoms with Crippen LogP contribution in [0, 0.1) is 5.41 Å². The molecule has 218 valence electrons. The number of pyridine rings is 1. The number of nitrogens with zero attached hydrogens (tertiary/aromatic N) is 5. The van der Waals surface area contributed by atoms with Gasteiger partial charge in [-0.25, -0.2) is 0 Å². The summed E-state index contributed by atoms with van der Waals surface area (Å²) in [5.41, 5.74) is 9.99. The van der Waals surface area contributed by atoms with E-state index in [0.717, 1.165) is 41.6 Å². The molecule has 9 nitrogen and oxygen atoms in total. The van der Waals surface area contributed by atoms with Gasteiger partial charge < -0.3 is 15.7 Å². The first-order chi connectivity index (χ1) is 20.4. The van der Waals surface area contributed by atoms with Crippen molar-refractivity contribution in [3.8, 4) is 11.1 Å². The lowest BCUT2D eigenvalue weighted by Crippen LogP contribution is -2.50. The lowest BCUT2D eigenvalue weighted by atomic mass is 9.74. The number of primary amides is 1. The van der Waals surface area contributed by atoms with Crippen molar-refractivity contribution >= 4 is 17.4 Å². The molecule has 3 aliphatic rings. The number of aromatic nitrogens is 3. The van der Waals surface area contributed by atoms with Crippen LogP contribution in [0.1, 0.15) is 53.2 Å². The standard InChI is InChI=1S/C33H38N6O3/c1-37-19-27(18-36-37)26-15-29(31(34)41)30(35-17-26)25-11-14-38(20-25)32(42)33(22-39-13-6-10-28(39)21-40)12-5-9-24(16-33)23-7-3-2-4-8-23/h2-5,7-9,12,15,17-19,25,28,40H,6,10-11,13-14,16,20-22H2,1H3,(H2,34,41)/t25-,28-,33?/m1/s1. The van der Waals surface area contributed by atoms with E-state index in [-0.39, 0.29) is 24.5 Å². The maximum absolute atomic E-state index is 14.6. The number of carbonyl (C=O) groups is 2. The summed E-state index contributed by atoms with van der Waals surface area (Å²) in [7, 11) is 1.84. The van der Waals surface area contributed by atoms with Gasteiger partial charge in [-0.15, -0.1) is 0 Å². The highest BCUT2D eigenvalue weighted by atomic mass is 16.3. The molecule has 2 saturated heterocycles. The summed E-state index contributed by atoms with van der Waals surface area (Å²) >= 11 is 0. The predicted molar refractivity (Wildman–Crippen MR) is 161 cm³/mol. The Bertz CT molecular complexity index is 1530. The lowest BCUT2D eigenvalue weighted by Gasteiger charge is -2.40. The van der Waals surface area contributed by atoms with Gasteiger partial charge in [0.15, 0.2) is 0 Å². The monoisotopic (exact) mass is 566 g/mol. The minimum absolute atomic E-state index is 0.0705. The molecule has 2 aliphatic heterocycles. The third-order valence-corrected chi connectivity index (χ3v) is 9.07. The van der Waals surface area contributed by atoms with Crippen LogP contribution < -0.4 is 5.73 Å². The first-order valence-corrected chi connectivity index (χ1v) is 14.7. The van der Waals surface area contributed by atoms with Gasteiger partial charge in [-0.05, 0) is 49.4 Å². The van der Waals surface area contributed by atoms with E-state index in [9.17, 15) is 14.7 Å². The molecule has 0 radical (unpaired) electrons. The zero-order valence-electron chi connectivity index (χ0n) is 24.0. The van der Waals surface area contributed by atoms with Crippen LogP contribution in [0.2, 0.25) is 0 Å². The van der Waals surface area contributed by atoms with Gasteiger partial charge in [0.1, 0.15) is 0 Å². The maximum atomic E-state index is 14.6. The van der Waals surface area contributed by atoms with Crippen molar-refractivity contribution in [3.05, 3.63) is 90.0 Å². The average molecular weight is 567 g/mol. The highest BCUT2D eigenvalue weighted by molar-refractivity contribution is 5.95. The fourth-order valence-electron chi connectivity index (χ4n) is 6.86. The largest absolute Gasteiger partial charge is 0.395 e. The summed E-state index contributed by atoms with van der Waals surface area (Å²) < 4.78 is 1.70. The maximum Gasteiger partial charge on any atom is 0.250 e. The predicted octanol–water partition coefficient (Wildman–Crippen LogP) is 3.38. The quantitative estimate of drug-likeness (QED) is 0.432. The number of nitrogens with two attached hydrogens (primary N) is 1. The van der Waals surface area contributed by atoms with Gasteiger partial charge in [0.2, 0.25) is 5.91 Å². The van der Waals surface area contributed by atoms with Gasteiger partial charge in [-0.2, -0.15) is 5.10 Å². The summed E-state index contributed by atoms with van der Waals surface area (Å²) in [5, 5.41) is 14.3. The van der Waals surface area contributed by atoms with Crippen LogP contribution >= 0.6 is 0 Å². The summed E-state index contributed by atoms with van der Waals surface area (Å²) in [4.78, 5) is 36.0. The topological polar surface area (TPSA) is 118 Å². The Labute approximate surface area is 246 Å². The zero-order valence-corrected chi connectivity index (χ0v) is 24.0. The summed E-state index contributed by atoms with van der Waals surface area (Å²) in [6.07, 6.45) is 14.8. The van der Waals surface area contributed by atoms with E-state index in [2.05, 4.69) is 34.3 Å². The second-order valence-electron chi connectivity index (χ2n) is 11.9. The molecule has 3 aromatic rings. The molecular formula is C33H38N6O3. The van der Waals surface area contributed by atoms with E-state index >= 15 is 0 Å². The number of aliphatic hydroxyl groups excluding tert-OH is 1. The Morgan fingerprint density at radius 3 is 2.67 bits per heavy atom. The number of hydrogen-bond acceptors (Lipinski definition) is 6. The first kappa shape index (κ1) is 28.1. The van der Waals surface area contributed by atoms with Crippen LogP contribution in [-0.4, -0.2) is 80.3 Å². The summed E-state index contributed by atoms with van der Waals surface area (Å²) in [6.45, 7) is 2.58. The molecule has 0 spiro atoms. The number of rotatable bonds is 8. The van der Waals surface area contributed by atoms with Crippen molar-refractivity contribution in [3.63, 3.8) is 0 Å². The van der Waals surface area contributed by atoms with Crippen molar-refractivity contribution < 1.29 is 14.7 Å². The Kier molecular flexibility index (Phi) is 7.79. The molecule has 1 unspecified atom stereocenters. The molecule has 2 amide bonds. The fourth-order valence-corrected chi connectivity index (χ4v) is 6.86. The lowest BCUT2D eigenvalue weighted by molar-refractivity contribution is -0.139. The molecule has 0 bridgehead atoms. The van der Waals surface area contributed by atoms with Gasteiger partial charge in [0.25, 0.3) is 5.91 Å². The number of aliphatic hydroxyl groups is 1. The number of hydrogen-bond donors (Lipinski definition) is 2. The second-order valence-corrected chi connectivity index (χ2v) is 11.9. The molecule has 6 rings (SSSR count). The smallest absolute Gasteiger partial charge is 0.250 e. The average Bonchev–Trinajstić information content (AvgIpc) is 3.78. The van der Waals surface area contributed by atoms with E-state index in [1.54, 1.807) is 23.1 Å². The Morgan fingerprint density at radius 1 is 1.10 bits per heavy atom. The SMILES string of the molecule is Cn1cc(-c2cnc([C@@H]3CCN(C(=O)C4(CN5CCC[C@@H]5CO)C=CC=C(c5ccccc5)C4)C3)c(C(N)=O)c2)cn1. The minimum Gasteiger partial charge on any atom is -0.395 e. The third kappa shape index (κ3) is 5.42. The first-order valence-electron chi connectivity index (χ1n) is 14.7. The third-order valence-electron chi connectivity index (χ3n) is 9.07. The van der Waals surface area contributed by atoms with Gasteiger partial charge in [0, 0.05) is 62.2 Å². The molecule has 2 fully saturated rings. The zero-order chi connectivity index (χ0) is 29.3. The molecule has 1 aliphatic carbocycles. The summed E-state index contributed by atoms with van der Waals surface area (Å²) in [5.74, 6) is -0.537. The number of carbonyl (C=O) groups excluding carboxylic acids is 2. The van der Waals surface area contributed by atoms with Crippen LogP contribution in [0.3, 0.4) is 0 Å². The van der Waals surface area contributed by atoms with Crippen molar-refractivity contribution in [1.29, 1.82) is 0 Å². The fraction of sp³-hybridized carbons (Fsp3) is 0.394. The van der Waals surface area contributed by atoms with Crippen molar-refractivity contribution in [2.75, 3.05) is 32.8 Å². The normalized spacial score (nSPS) is 24.2. The number of allylic oxidation sites excluding steroid dienone is 3. The Morgan fingerprint density at radius 2 is 1.93 bits per heavy atom. The number of likely N-dealkylation sites (tertiary alicyclic amines) is 2. The number of amides is 2. The van der Waals surface area contributed by atoms with Crippen LogP contribution in [0.4, 0.5) is 0 Å². The van der Waals surface area contributed by atoms with Gasteiger partial charge >= 0.3 is 0 Å². The van der Waals surface area contributed by atoms with Crippen LogP contribution in [-0.2, 0) is 11.8 Å². The van der Waals surface area contributed by atoms with Gasteiger partial charge in [-0.1, -0.05) is 48.6 Å². The molecule has 0 saturated carbocycles. The van der Waals surface area contributed by atoms with E-state index in [1.165, 1.54) is 0 Å². The minimum atomic E-state index is -0.753. The molecule has 4 heterocycles. The molecule has 42 heavy (non-hydrogen) atoms. The number of aryl methyl sites for hydroxylation is 1. The van der Waals surface area contributed by atoms with E-state index in [1.807, 2.05) is 42.4 Å².